The van der Waals surface area contributed by atoms with Crippen molar-refractivity contribution in [2.24, 2.45) is 0 Å². The molecule has 1 aromatic heterocycles. The Morgan fingerprint density at radius 1 is 1.37 bits per heavy atom. The molecular formula is C14H24BrN3O. The summed E-state index contributed by atoms with van der Waals surface area (Å²) in [6, 6.07) is 0. The maximum Gasteiger partial charge on any atom is 0.0766 e. The standard InChI is InChI=1S/C14H24BrN3O/c1-3-11-13(15)12(18(4-2)17-11)10-14(19)6-5-8-16-9-7-14/h16,19H,3-10H2,1-2H3. The van der Waals surface area contributed by atoms with Crippen molar-refractivity contribution in [2.45, 2.75) is 58.1 Å². The number of nitrogens with zero attached hydrogens (tertiary/aromatic N) is 2. The zero-order valence-electron chi connectivity index (χ0n) is 11.9. The second-order valence-electron chi connectivity index (χ2n) is 5.38. The first-order valence-electron chi connectivity index (χ1n) is 7.27. The summed E-state index contributed by atoms with van der Waals surface area (Å²) in [5, 5.41) is 18.8. The lowest BCUT2D eigenvalue weighted by atomic mass is 9.89. The lowest BCUT2D eigenvalue weighted by molar-refractivity contribution is 0.0264. The summed E-state index contributed by atoms with van der Waals surface area (Å²) in [7, 11) is 0. The highest BCUT2D eigenvalue weighted by Crippen LogP contribution is 2.30. The smallest absolute Gasteiger partial charge is 0.0766 e. The molecule has 1 aliphatic heterocycles. The first-order valence-corrected chi connectivity index (χ1v) is 8.06. The van der Waals surface area contributed by atoms with E-state index in [4.69, 9.17) is 0 Å². The van der Waals surface area contributed by atoms with Gasteiger partial charge in [0.1, 0.15) is 0 Å². The largest absolute Gasteiger partial charge is 0.389 e. The van der Waals surface area contributed by atoms with Crippen LogP contribution >= 0.6 is 15.9 Å². The van der Waals surface area contributed by atoms with Crippen molar-refractivity contribution in [3.8, 4) is 0 Å². The highest BCUT2D eigenvalue weighted by molar-refractivity contribution is 9.10. The van der Waals surface area contributed by atoms with Gasteiger partial charge < -0.3 is 10.4 Å². The summed E-state index contributed by atoms with van der Waals surface area (Å²) in [6.45, 7) is 6.97. The molecule has 4 nitrogen and oxygen atoms in total. The molecule has 2 N–H and O–H groups in total. The van der Waals surface area contributed by atoms with E-state index < -0.39 is 5.60 Å². The molecule has 0 amide bonds. The van der Waals surface area contributed by atoms with E-state index in [9.17, 15) is 5.11 Å². The first-order chi connectivity index (χ1) is 9.09. The predicted octanol–water partition coefficient (Wildman–Crippen LogP) is 2.28. The fraction of sp³-hybridized carbons (Fsp3) is 0.786. The average Bonchev–Trinajstić information content (AvgIpc) is 2.57. The summed E-state index contributed by atoms with van der Waals surface area (Å²) in [4.78, 5) is 0. The van der Waals surface area contributed by atoms with Crippen molar-refractivity contribution in [1.82, 2.24) is 15.1 Å². The highest BCUT2D eigenvalue weighted by Gasteiger charge is 2.31. The Kier molecular flexibility index (Phi) is 5.03. The van der Waals surface area contributed by atoms with E-state index in [1.807, 2.05) is 4.68 Å². The Morgan fingerprint density at radius 2 is 2.16 bits per heavy atom. The van der Waals surface area contributed by atoms with Crippen LogP contribution in [0.25, 0.3) is 0 Å². The average molecular weight is 330 g/mol. The molecule has 1 unspecified atom stereocenters. The van der Waals surface area contributed by atoms with Gasteiger partial charge in [-0.05, 0) is 61.6 Å². The van der Waals surface area contributed by atoms with Crippen LogP contribution in [0, 0.1) is 0 Å². The zero-order valence-corrected chi connectivity index (χ0v) is 13.5. The maximum absolute atomic E-state index is 10.8. The van der Waals surface area contributed by atoms with E-state index in [2.05, 4.69) is 40.2 Å². The molecule has 108 valence electrons. The van der Waals surface area contributed by atoms with Gasteiger partial charge in [0, 0.05) is 13.0 Å². The van der Waals surface area contributed by atoms with Crippen LogP contribution < -0.4 is 5.32 Å². The van der Waals surface area contributed by atoms with Crippen LogP contribution in [0.2, 0.25) is 0 Å². The van der Waals surface area contributed by atoms with Crippen molar-refractivity contribution in [3.63, 3.8) is 0 Å². The van der Waals surface area contributed by atoms with Crippen molar-refractivity contribution in [2.75, 3.05) is 13.1 Å². The number of hydrogen-bond acceptors (Lipinski definition) is 3. The SMILES string of the molecule is CCc1nn(CC)c(CC2(O)CCCNCC2)c1Br. The van der Waals surface area contributed by atoms with Crippen LogP contribution in [0.3, 0.4) is 0 Å². The van der Waals surface area contributed by atoms with Crippen molar-refractivity contribution in [1.29, 1.82) is 0 Å². The predicted molar refractivity (Wildman–Crippen MR) is 80.4 cm³/mol. The van der Waals surface area contributed by atoms with E-state index >= 15 is 0 Å². The fourth-order valence-corrected chi connectivity index (χ4v) is 3.49. The Labute approximate surface area is 123 Å². The van der Waals surface area contributed by atoms with Gasteiger partial charge in [0.05, 0.1) is 21.5 Å². The van der Waals surface area contributed by atoms with Crippen LogP contribution in [0.15, 0.2) is 4.47 Å². The van der Waals surface area contributed by atoms with Crippen LogP contribution in [0.1, 0.15) is 44.5 Å². The van der Waals surface area contributed by atoms with Crippen LogP contribution in [-0.2, 0) is 19.4 Å². The summed E-state index contributed by atoms with van der Waals surface area (Å²) in [5.74, 6) is 0. The van der Waals surface area contributed by atoms with Crippen molar-refractivity contribution >= 4 is 15.9 Å². The molecule has 19 heavy (non-hydrogen) atoms. The van der Waals surface area contributed by atoms with Crippen LogP contribution in [-0.4, -0.2) is 33.6 Å². The summed E-state index contributed by atoms with van der Waals surface area (Å²) >= 11 is 3.66. The first kappa shape index (κ1) is 15.0. The number of halogens is 1. The van der Waals surface area contributed by atoms with Gasteiger partial charge in [-0.25, -0.2) is 0 Å². The third-order valence-corrected chi connectivity index (χ3v) is 4.87. The molecule has 0 bridgehead atoms. The number of rotatable bonds is 4. The Hall–Kier alpha value is -0.390. The Morgan fingerprint density at radius 3 is 2.84 bits per heavy atom. The lowest BCUT2D eigenvalue weighted by Gasteiger charge is -2.26. The molecule has 0 radical (unpaired) electrons. The molecule has 2 rings (SSSR count). The molecule has 1 aromatic rings. The quantitative estimate of drug-likeness (QED) is 0.890. The van der Waals surface area contributed by atoms with Gasteiger partial charge in [-0.15, -0.1) is 0 Å². The van der Waals surface area contributed by atoms with Gasteiger partial charge in [-0.3, -0.25) is 4.68 Å². The van der Waals surface area contributed by atoms with Crippen LogP contribution in [0.5, 0.6) is 0 Å². The second kappa shape index (κ2) is 6.37. The third kappa shape index (κ3) is 3.38. The number of nitrogens with one attached hydrogen (secondary N) is 1. The van der Waals surface area contributed by atoms with Crippen molar-refractivity contribution < 1.29 is 5.11 Å². The van der Waals surface area contributed by atoms with Gasteiger partial charge >= 0.3 is 0 Å². The molecule has 1 saturated heterocycles. The fourth-order valence-electron chi connectivity index (χ4n) is 2.79. The minimum absolute atomic E-state index is 0.593. The van der Waals surface area contributed by atoms with E-state index in [1.165, 1.54) is 0 Å². The molecule has 0 aliphatic carbocycles. The summed E-state index contributed by atoms with van der Waals surface area (Å²) < 4.78 is 3.11. The number of aryl methyl sites for hydroxylation is 2. The van der Waals surface area contributed by atoms with E-state index in [0.29, 0.717) is 6.42 Å². The molecular weight excluding hydrogens is 306 g/mol. The van der Waals surface area contributed by atoms with Gasteiger partial charge in [0.15, 0.2) is 0 Å². The van der Waals surface area contributed by atoms with E-state index in [1.54, 1.807) is 0 Å². The molecule has 1 aliphatic rings. The van der Waals surface area contributed by atoms with E-state index in [0.717, 1.165) is 61.2 Å². The van der Waals surface area contributed by atoms with Gasteiger partial charge in [0.2, 0.25) is 0 Å². The van der Waals surface area contributed by atoms with Gasteiger partial charge in [-0.2, -0.15) is 5.10 Å². The molecule has 5 heteroatoms. The summed E-state index contributed by atoms with van der Waals surface area (Å²) in [5.41, 5.74) is 1.64. The molecule has 2 heterocycles. The normalized spacial score (nSPS) is 24.4. The molecule has 1 atom stereocenters. The van der Waals surface area contributed by atoms with Crippen molar-refractivity contribution in [3.05, 3.63) is 15.9 Å². The number of aliphatic hydroxyl groups is 1. The lowest BCUT2D eigenvalue weighted by Crippen LogP contribution is -2.33. The maximum atomic E-state index is 10.8. The molecule has 0 saturated carbocycles. The topological polar surface area (TPSA) is 50.1 Å². The second-order valence-corrected chi connectivity index (χ2v) is 6.17. The van der Waals surface area contributed by atoms with Crippen LogP contribution in [0.4, 0.5) is 0 Å². The zero-order chi connectivity index (χ0) is 13.9. The highest BCUT2D eigenvalue weighted by atomic mass is 79.9. The molecule has 0 aromatic carbocycles. The Balaban J connectivity index is 2.23. The van der Waals surface area contributed by atoms with E-state index in [-0.39, 0.29) is 0 Å². The summed E-state index contributed by atoms with van der Waals surface area (Å²) in [6.07, 6.45) is 4.32. The van der Waals surface area contributed by atoms with Gasteiger partial charge in [0.25, 0.3) is 0 Å². The number of aromatic nitrogens is 2. The Bertz CT molecular complexity index is 423. The minimum atomic E-state index is -0.593. The third-order valence-electron chi connectivity index (χ3n) is 3.95. The number of hydrogen-bond donors (Lipinski definition) is 2. The molecule has 0 spiro atoms. The monoisotopic (exact) mass is 329 g/mol. The van der Waals surface area contributed by atoms with Gasteiger partial charge in [-0.1, -0.05) is 6.92 Å². The molecule has 1 fully saturated rings. The minimum Gasteiger partial charge on any atom is -0.389 e.